The summed E-state index contributed by atoms with van der Waals surface area (Å²) < 4.78 is 13.1. The normalized spacial score (nSPS) is 17.0. The fraction of sp³-hybridized carbons (Fsp3) is 0.333. The first kappa shape index (κ1) is 17.1. The molecule has 1 saturated heterocycles. The molecule has 26 heavy (non-hydrogen) atoms. The molecule has 1 fully saturated rings. The van der Waals surface area contributed by atoms with Gasteiger partial charge in [-0.15, -0.1) is 0 Å². The molecule has 1 aliphatic heterocycles. The van der Waals surface area contributed by atoms with Crippen molar-refractivity contribution in [3.63, 3.8) is 0 Å². The van der Waals surface area contributed by atoms with Crippen LogP contribution in [0.25, 0.3) is 10.9 Å². The van der Waals surface area contributed by atoms with Gasteiger partial charge in [0, 0.05) is 61.1 Å². The van der Waals surface area contributed by atoms with E-state index in [0.29, 0.717) is 6.54 Å². The minimum absolute atomic E-state index is 0.204. The number of fused-ring (bicyclic) bond motifs is 1. The number of piperazine rings is 1. The van der Waals surface area contributed by atoms with Crippen molar-refractivity contribution in [2.75, 3.05) is 37.6 Å². The molecule has 0 unspecified atom stereocenters. The first-order chi connectivity index (χ1) is 12.6. The number of aromatic nitrogens is 1. The summed E-state index contributed by atoms with van der Waals surface area (Å²) in [6.07, 6.45) is 1.41. The van der Waals surface area contributed by atoms with E-state index >= 15 is 0 Å². The number of anilines is 1. The number of hydrogen-bond acceptors (Lipinski definition) is 3. The monoisotopic (exact) mass is 353 g/mol. The molecule has 0 aliphatic carbocycles. The third kappa shape index (κ3) is 3.45. The van der Waals surface area contributed by atoms with Crippen molar-refractivity contribution in [1.82, 2.24) is 9.88 Å². The van der Waals surface area contributed by atoms with Crippen LogP contribution in [-0.2, 0) is 0 Å². The van der Waals surface area contributed by atoms with E-state index in [0.717, 1.165) is 48.3 Å². The van der Waals surface area contributed by atoms with Crippen molar-refractivity contribution in [1.29, 1.82) is 0 Å². The summed E-state index contributed by atoms with van der Waals surface area (Å²) >= 11 is 0. The molecule has 4 nitrogen and oxygen atoms in total. The van der Waals surface area contributed by atoms with Crippen LogP contribution in [0.15, 0.2) is 48.7 Å². The largest absolute Gasteiger partial charge is 0.387 e. The average molecular weight is 353 g/mol. The summed E-state index contributed by atoms with van der Waals surface area (Å²) in [7, 11) is 0. The minimum atomic E-state index is -0.510. The van der Waals surface area contributed by atoms with Crippen LogP contribution in [0.1, 0.15) is 17.2 Å². The number of rotatable bonds is 4. The molecule has 0 bridgehead atoms. The zero-order valence-electron chi connectivity index (χ0n) is 15.0. The molecule has 5 heteroatoms. The van der Waals surface area contributed by atoms with Crippen LogP contribution in [0, 0.1) is 12.7 Å². The first-order valence-corrected chi connectivity index (χ1v) is 9.09. The van der Waals surface area contributed by atoms with Gasteiger partial charge in [-0.05, 0) is 42.8 Å². The number of benzene rings is 2. The zero-order valence-corrected chi connectivity index (χ0v) is 15.0. The second-order valence-electron chi connectivity index (χ2n) is 7.07. The van der Waals surface area contributed by atoms with Crippen LogP contribution >= 0.6 is 0 Å². The van der Waals surface area contributed by atoms with Gasteiger partial charge in [-0.25, -0.2) is 4.39 Å². The highest BCUT2D eigenvalue weighted by atomic mass is 19.1. The molecule has 0 spiro atoms. The van der Waals surface area contributed by atoms with Gasteiger partial charge >= 0.3 is 0 Å². The molecule has 1 aliphatic rings. The Bertz CT molecular complexity index is 882. The Balaban J connectivity index is 1.38. The maximum Gasteiger partial charge on any atom is 0.123 e. The summed E-state index contributed by atoms with van der Waals surface area (Å²) in [6, 6.07) is 12.9. The number of β-amino-alcohol motifs (C(OH)–C–C–N with tert-alkyl or cyclic N) is 1. The molecule has 2 aromatic carbocycles. The smallest absolute Gasteiger partial charge is 0.123 e. The van der Waals surface area contributed by atoms with E-state index in [9.17, 15) is 9.50 Å². The summed E-state index contributed by atoms with van der Waals surface area (Å²) in [5.41, 5.74) is 4.29. The lowest BCUT2D eigenvalue weighted by molar-refractivity contribution is 0.110. The second-order valence-corrected chi connectivity index (χ2v) is 7.07. The molecule has 4 rings (SSSR count). The molecule has 3 aromatic rings. The lowest BCUT2D eigenvalue weighted by Gasteiger charge is -2.36. The molecule has 2 heterocycles. The number of nitrogens with one attached hydrogen (secondary N) is 1. The maximum atomic E-state index is 13.1. The maximum absolute atomic E-state index is 13.1. The van der Waals surface area contributed by atoms with Gasteiger partial charge in [0.15, 0.2) is 0 Å². The summed E-state index contributed by atoms with van der Waals surface area (Å²) in [4.78, 5) is 7.81. The Labute approximate surface area is 152 Å². The van der Waals surface area contributed by atoms with Crippen LogP contribution in [0.2, 0.25) is 0 Å². The van der Waals surface area contributed by atoms with Crippen molar-refractivity contribution in [3.05, 3.63) is 65.6 Å². The van der Waals surface area contributed by atoms with E-state index in [1.165, 1.54) is 17.7 Å². The molecule has 0 radical (unpaired) electrons. The van der Waals surface area contributed by atoms with Gasteiger partial charge < -0.3 is 15.0 Å². The van der Waals surface area contributed by atoms with E-state index < -0.39 is 6.10 Å². The highest BCUT2D eigenvalue weighted by molar-refractivity contribution is 5.84. The Hall–Kier alpha value is -2.37. The Kier molecular flexibility index (Phi) is 4.66. The number of halogens is 1. The van der Waals surface area contributed by atoms with Gasteiger partial charge in [0.05, 0.1) is 6.10 Å². The summed E-state index contributed by atoms with van der Waals surface area (Å²) in [5.74, 6) is -0.204. The highest BCUT2D eigenvalue weighted by Gasteiger charge is 2.21. The SMILES string of the molecule is Cc1ccc2c([C@H](O)CN3CCN(c4ccc(F)cc4)CC3)c[nH]c2c1. The van der Waals surface area contributed by atoms with Crippen molar-refractivity contribution in [3.8, 4) is 0 Å². The fourth-order valence-corrected chi connectivity index (χ4v) is 3.72. The van der Waals surface area contributed by atoms with E-state index in [1.807, 2.05) is 18.3 Å². The number of aryl methyl sites for hydroxylation is 1. The molecular weight excluding hydrogens is 329 g/mol. The molecule has 1 atom stereocenters. The van der Waals surface area contributed by atoms with E-state index in [-0.39, 0.29) is 5.82 Å². The van der Waals surface area contributed by atoms with Gasteiger partial charge in [0.2, 0.25) is 0 Å². The number of hydrogen-bond donors (Lipinski definition) is 2. The number of aliphatic hydroxyl groups excluding tert-OH is 1. The van der Waals surface area contributed by atoms with Gasteiger partial charge in [0.25, 0.3) is 0 Å². The minimum Gasteiger partial charge on any atom is -0.387 e. The van der Waals surface area contributed by atoms with Crippen molar-refractivity contribution >= 4 is 16.6 Å². The molecular formula is C21H24FN3O. The van der Waals surface area contributed by atoms with Gasteiger partial charge in [-0.1, -0.05) is 12.1 Å². The number of nitrogens with zero attached hydrogens (tertiary/aromatic N) is 2. The van der Waals surface area contributed by atoms with Gasteiger partial charge in [-0.2, -0.15) is 0 Å². The van der Waals surface area contributed by atoms with E-state index in [1.54, 1.807) is 0 Å². The predicted molar refractivity (Wildman–Crippen MR) is 103 cm³/mol. The fourth-order valence-electron chi connectivity index (χ4n) is 3.72. The van der Waals surface area contributed by atoms with Crippen LogP contribution in [0.4, 0.5) is 10.1 Å². The van der Waals surface area contributed by atoms with Gasteiger partial charge in [-0.3, -0.25) is 4.90 Å². The Morgan fingerprint density at radius 2 is 1.81 bits per heavy atom. The van der Waals surface area contributed by atoms with Crippen LogP contribution in [0.5, 0.6) is 0 Å². The standard InChI is InChI=1S/C21H24FN3O/c1-15-2-7-18-19(13-23-20(18)12-15)21(26)14-24-8-10-25(11-9-24)17-5-3-16(22)4-6-17/h2-7,12-13,21,23,26H,8-11,14H2,1H3/t21-/m1/s1. The van der Waals surface area contributed by atoms with Crippen molar-refractivity contribution in [2.45, 2.75) is 13.0 Å². The lowest BCUT2D eigenvalue weighted by atomic mass is 10.1. The van der Waals surface area contributed by atoms with Crippen LogP contribution in [-0.4, -0.2) is 47.7 Å². The molecule has 0 amide bonds. The molecule has 2 N–H and O–H groups in total. The van der Waals surface area contributed by atoms with E-state index in [2.05, 4.69) is 39.9 Å². The lowest BCUT2D eigenvalue weighted by Crippen LogP contribution is -2.47. The molecule has 1 aromatic heterocycles. The predicted octanol–water partition coefficient (Wildman–Crippen LogP) is 3.47. The van der Waals surface area contributed by atoms with E-state index in [4.69, 9.17) is 0 Å². The Morgan fingerprint density at radius 3 is 2.54 bits per heavy atom. The van der Waals surface area contributed by atoms with Crippen molar-refractivity contribution in [2.24, 2.45) is 0 Å². The second kappa shape index (κ2) is 7.09. The van der Waals surface area contributed by atoms with Crippen molar-refractivity contribution < 1.29 is 9.50 Å². The summed E-state index contributed by atoms with van der Waals surface area (Å²) in [5, 5.41) is 11.8. The van der Waals surface area contributed by atoms with Crippen LogP contribution in [0.3, 0.4) is 0 Å². The number of H-pyrrole nitrogens is 1. The Morgan fingerprint density at radius 1 is 1.08 bits per heavy atom. The third-order valence-electron chi connectivity index (χ3n) is 5.22. The number of aliphatic hydroxyl groups is 1. The number of aromatic amines is 1. The average Bonchev–Trinajstić information content (AvgIpc) is 3.06. The molecule has 136 valence electrons. The quantitative estimate of drug-likeness (QED) is 0.755. The molecule has 0 saturated carbocycles. The zero-order chi connectivity index (χ0) is 18.1. The highest BCUT2D eigenvalue weighted by Crippen LogP contribution is 2.26. The third-order valence-corrected chi connectivity index (χ3v) is 5.22. The topological polar surface area (TPSA) is 42.5 Å². The van der Waals surface area contributed by atoms with Gasteiger partial charge in [0.1, 0.15) is 5.82 Å². The first-order valence-electron chi connectivity index (χ1n) is 9.09. The summed E-state index contributed by atoms with van der Waals surface area (Å²) in [6.45, 7) is 6.22. The van der Waals surface area contributed by atoms with Crippen LogP contribution < -0.4 is 4.90 Å².